The van der Waals surface area contributed by atoms with Crippen LogP contribution in [0.5, 0.6) is 0 Å². The van der Waals surface area contributed by atoms with Crippen LogP contribution in [0.3, 0.4) is 0 Å². The lowest BCUT2D eigenvalue weighted by Gasteiger charge is -2.18. The topological polar surface area (TPSA) is 72.9 Å². The Morgan fingerprint density at radius 2 is 2.14 bits per heavy atom. The fourth-order valence-electron chi connectivity index (χ4n) is 2.11. The van der Waals surface area contributed by atoms with Crippen molar-refractivity contribution in [1.82, 2.24) is 15.1 Å². The molecule has 0 aliphatic heterocycles. The molecule has 0 saturated heterocycles. The lowest BCUT2D eigenvalue weighted by molar-refractivity contribution is -0.123. The maximum atomic E-state index is 12.1. The molecule has 0 fully saturated rings. The van der Waals surface area contributed by atoms with E-state index < -0.39 is 6.04 Å². The van der Waals surface area contributed by atoms with Gasteiger partial charge in [0, 0.05) is 18.9 Å². The van der Waals surface area contributed by atoms with E-state index in [1.165, 1.54) is 0 Å². The first-order valence-electron chi connectivity index (χ1n) is 7.24. The first-order valence-corrected chi connectivity index (χ1v) is 7.24. The van der Waals surface area contributed by atoms with Crippen molar-refractivity contribution in [3.63, 3.8) is 0 Å². The standard InChI is InChI=1S/C16H22N4O/c1-3-12(2)15(17)16(21)18-11-13-7-4-5-8-14(13)20-10-6-9-19-20/h4-10,12,15H,3,11,17H2,1-2H3,(H,18,21)/t12?,15-/m0/s1. The molecule has 0 bridgehead atoms. The third-order valence-corrected chi connectivity index (χ3v) is 3.76. The predicted molar refractivity (Wildman–Crippen MR) is 82.8 cm³/mol. The second-order valence-corrected chi connectivity index (χ2v) is 5.21. The molecular weight excluding hydrogens is 264 g/mol. The van der Waals surface area contributed by atoms with Gasteiger partial charge in [-0.25, -0.2) is 4.68 Å². The number of carbonyl (C=O) groups excluding carboxylic acids is 1. The molecule has 1 aromatic carbocycles. The smallest absolute Gasteiger partial charge is 0.237 e. The minimum absolute atomic E-state index is 0.111. The molecule has 5 heteroatoms. The Kier molecular flexibility index (Phi) is 5.11. The summed E-state index contributed by atoms with van der Waals surface area (Å²) in [6, 6.07) is 9.26. The molecule has 1 amide bonds. The molecule has 2 atom stereocenters. The van der Waals surface area contributed by atoms with Crippen molar-refractivity contribution in [2.75, 3.05) is 0 Å². The second-order valence-electron chi connectivity index (χ2n) is 5.21. The molecule has 0 radical (unpaired) electrons. The first-order chi connectivity index (χ1) is 10.1. The second kappa shape index (κ2) is 7.04. The lowest BCUT2D eigenvalue weighted by Crippen LogP contribution is -2.44. The number of nitrogens with zero attached hydrogens (tertiary/aromatic N) is 2. The maximum absolute atomic E-state index is 12.1. The average Bonchev–Trinajstić information content (AvgIpc) is 3.05. The van der Waals surface area contributed by atoms with Crippen LogP contribution in [0.25, 0.3) is 5.69 Å². The van der Waals surface area contributed by atoms with Gasteiger partial charge in [-0.2, -0.15) is 5.10 Å². The zero-order valence-corrected chi connectivity index (χ0v) is 12.5. The van der Waals surface area contributed by atoms with Crippen LogP contribution in [0, 0.1) is 5.92 Å². The van der Waals surface area contributed by atoms with Gasteiger partial charge in [0.25, 0.3) is 0 Å². The van der Waals surface area contributed by atoms with Crippen molar-refractivity contribution in [2.45, 2.75) is 32.9 Å². The average molecular weight is 286 g/mol. The quantitative estimate of drug-likeness (QED) is 0.851. The van der Waals surface area contributed by atoms with Crippen molar-refractivity contribution < 1.29 is 4.79 Å². The molecule has 112 valence electrons. The summed E-state index contributed by atoms with van der Waals surface area (Å²) >= 11 is 0. The van der Waals surface area contributed by atoms with Gasteiger partial charge in [0.1, 0.15) is 0 Å². The lowest BCUT2D eigenvalue weighted by atomic mass is 9.99. The normalized spacial score (nSPS) is 13.7. The molecular formula is C16H22N4O. The molecule has 5 nitrogen and oxygen atoms in total. The number of rotatable bonds is 6. The Morgan fingerprint density at radius 1 is 1.38 bits per heavy atom. The van der Waals surface area contributed by atoms with E-state index in [4.69, 9.17) is 5.73 Å². The van der Waals surface area contributed by atoms with Crippen LogP contribution in [-0.4, -0.2) is 21.7 Å². The van der Waals surface area contributed by atoms with Gasteiger partial charge in [-0.05, 0) is 23.6 Å². The van der Waals surface area contributed by atoms with Gasteiger partial charge in [-0.15, -0.1) is 0 Å². The molecule has 1 heterocycles. The molecule has 0 spiro atoms. The highest BCUT2D eigenvalue weighted by molar-refractivity contribution is 5.81. The number of carbonyl (C=O) groups is 1. The van der Waals surface area contributed by atoms with Crippen LogP contribution >= 0.6 is 0 Å². The number of aromatic nitrogens is 2. The summed E-state index contributed by atoms with van der Waals surface area (Å²) in [5.74, 6) is 0.0611. The van der Waals surface area contributed by atoms with Crippen LogP contribution in [-0.2, 0) is 11.3 Å². The van der Waals surface area contributed by atoms with Gasteiger partial charge in [-0.1, -0.05) is 38.5 Å². The maximum Gasteiger partial charge on any atom is 0.237 e. The highest BCUT2D eigenvalue weighted by Crippen LogP contribution is 2.13. The molecule has 0 aliphatic rings. The Balaban J connectivity index is 2.06. The van der Waals surface area contributed by atoms with E-state index >= 15 is 0 Å². The van der Waals surface area contributed by atoms with Gasteiger partial charge in [0.2, 0.25) is 5.91 Å². The van der Waals surface area contributed by atoms with Gasteiger partial charge in [0.05, 0.1) is 11.7 Å². The minimum atomic E-state index is -0.466. The summed E-state index contributed by atoms with van der Waals surface area (Å²) in [6.07, 6.45) is 4.50. The van der Waals surface area contributed by atoms with Crippen molar-refractivity contribution in [3.8, 4) is 5.69 Å². The SMILES string of the molecule is CCC(C)[C@H](N)C(=O)NCc1ccccc1-n1cccn1. The molecule has 1 unspecified atom stereocenters. The monoisotopic (exact) mass is 286 g/mol. The van der Waals surface area contributed by atoms with Crippen LogP contribution in [0.4, 0.5) is 0 Å². The molecule has 2 rings (SSSR count). The molecule has 0 aliphatic carbocycles. The van der Waals surface area contributed by atoms with E-state index in [2.05, 4.69) is 10.4 Å². The number of hydrogen-bond donors (Lipinski definition) is 2. The van der Waals surface area contributed by atoms with Gasteiger partial charge < -0.3 is 11.1 Å². The minimum Gasteiger partial charge on any atom is -0.351 e. The third kappa shape index (κ3) is 3.70. The third-order valence-electron chi connectivity index (χ3n) is 3.76. The van der Waals surface area contributed by atoms with Gasteiger partial charge in [-0.3, -0.25) is 4.79 Å². The number of nitrogens with two attached hydrogens (primary N) is 1. The fourth-order valence-corrected chi connectivity index (χ4v) is 2.11. The molecule has 21 heavy (non-hydrogen) atoms. The van der Waals surface area contributed by atoms with Gasteiger partial charge in [0.15, 0.2) is 0 Å². The number of para-hydroxylation sites is 1. The summed E-state index contributed by atoms with van der Waals surface area (Å²) in [6.45, 7) is 4.46. The van der Waals surface area contributed by atoms with Crippen molar-refractivity contribution in [2.24, 2.45) is 11.7 Å². The summed E-state index contributed by atoms with van der Waals surface area (Å²) in [5, 5.41) is 7.14. The summed E-state index contributed by atoms with van der Waals surface area (Å²) < 4.78 is 1.79. The molecule has 0 saturated carbocycles. The summed E-state index contributed by atoms with van der Waals surface area (Å²) in [4.78, 5) is 12.1. The van der Waals surface area contributed by atoms with Crippen LogP contribution in [0.1, 0.15) is 25.8 Å². The highest BCUT2D eigenvalue weighted by atomic mass is 16.2. The summed E-state index contributed by atoms with van der Waals surface area (Å²) in [5.41, 5.74) is 7.90. The van der Waals surface area contributed by atoms with Gasteiger partial charge >= 0.3 is 0 Å². The van der Waals surface area contributed by atoms with E-state index in [0.717, 1.165) is 17.7 Å². The first kappa shape index (κ1) is 15.3. The Hall–Kier alpha value is -2.14. The number of nitrogens with one attached hydrogen (secondary N) is 1. The highest BCUT2D eigenvalue weighted by Gasteiger charge is 2.19. The fraction of sp³-hybridized carbons (Fsp3) is 0.375. The van der Waals surface area contributed by atoms with E-state index in [0.29, 0.717) is 6.54 Å². The van der Waals surface area contributed by atoms with Crippen molar-refractivity contribution >= 4 is 5.91 Å². The Labute approximate surface area is 125 Å². The molecule has 3 N–H and O–H groups in total. The predicted octanol–water partition coefficient (Wildman–Crippen LogP) is 1.86. The van der Waals surface area contributed by atoms with E-state index in [9.17, 15) is 4.79 Å². The number of benzene rings is 1. The van der Waals surface area contributed by atoms with E-state index in [1.807, 2.05) is 50.4 Å². The number of hydrogen-bond acceptors (Lipinski definition) is 3. The molecule has 1 aromatic heterocycles. The number of amides is 1. The van der Waals surface area contributed by atoms with Crippen LogP contribution < -0.4 is 11.1 Å². The summed E-state index contributed by atoms with van der Waals surface area (Å²) in [7, 11) is 0. The Morgan fingerprint density at radius 3 is 2.81 bits per heavy atom. The van der Waals surface area contributed by atoms with E-state index in [-0.39, 0.29) is 11.8 Å². The zero-order chi connectivity index (χ0) is 15.2. The zero-order valence-electron chi connectivity index (χ0n) is 12.5. The largest absolute Gasteiger partial charge is 0.351 e. The van der Waals surface area contributed by atoms with E-state index in [1.54, 1.807) is 10.9 Å². The Bertz CT molecular complexity index is 580. The van der Waals surface area contributed by atoms with Crippen LogP contribution in [0.15, 0.2) is 42.7 Å². The van der Waals surface area contributed by atoms with Crippen molar-refractivity contribution in [3.05, 3.63) is 48.3 Å². The van der Waals surface area contributed by atoms with Crippen molar-refractivity contribution in [1.29, 1.82) is 0 Å². The molecule has 2 aromatic rings. The van der Waals surface area contributed by atoms with Crippen LogP contribution in [0.2, 0.25) is 0 Å².